The van der Waals surface area contributed by atoms with Crippen molar-refractivity contribution in [1.82, 2.24) is 10.6 Å². The Morgan fingerprint density at radius 3 is 2.85 bits per heavy atom. The molecule has 0 radical (unpaired) electrons. The molecular weight excluding hydrogens is 168 g/mol. The zero-order valence-electron chi connectivity index (χ0n) is 8.26. The highest BCUT2D eigenvalue weighted by Crippen LogP contribution is 2.07. The van der Waals surface area contributed by atoms with Gasteiger partial charge in [-0.15, -0.1) is 0 Å². The first-order valence-electron chi connectivity index (χ1n) is 4.70. The van der Waals surface area contributed by atoms with Crippen molar-refractivity contribution in [1.29, 1.82) is 0 Å². The van der Waals surface area contributed by atoms with E-state index in [9.17, 15) is 9.90 Å². The van der Waals surface area contributed by atoms with Crippen LogP contribution in [0.1, 0.15) is 20.3 Å². The predicted molar refractivity (Wildman–Crippen MR) is 50.3 cm³/mol. The highest BCUT2D eigenvalue weighted by molar-refractivity contribution is 5.79. The van der Waals surface area contributed by atoms with Gasteiger partial charge >= 0.3 is 0 Å². The fourth-order valence-electron chi connectivity index (χ4n) is 1.33. The lowest BCUT2D eigenvalue weighted by Crippen LogP contribution is -2.41. The Labute approximate surface area is 78.7 Å². The van der Waals surface area contributed by atoms with Crippen molar-refractivity contribution < 1.29 is 9.90 Å². The lowest BCUT2D eigenvalue weighted by atomic mass is 10.1. The number of hydrogen-bond acceptors (Lipinski definition) is 3. The van der Waals surface area contributed by atoms with Gasteiger partial charge in [-0.3, -0.25) is 4.79 Å². The summed E-state index contributed by atoms with van der Waals surface area (Å²) in [6, 6.07) is 0. The van der Waals surface area contributed by atoms with Crippen molar-refractivity contribution in [2.75, 3.05) is 19.6 Å². The van der Waals surface area contributed by atoms with Crippen molar-refractivity contribution in [2.24, 2.45) is 5.92 Å². The minimum absolute atomic E-state index is 0.0483. The second kappa shape index (κ2) is 4.07. The Hall–Kier alpha value is -0.610. The van der Waals surface area contributed by atoms with Crippen molar-refractivity contribution in [3.05, 3.63) is 0 Å². The molecule has 0 aromatic heterocycles. The van der Waals surface area contributed by atoms with Gasteiger partial charge < -0.3 is 15.7 Å². The van der Waals surface area contributed by atoms with Gasteiger partial charge in [-0.1, -0.05) is 0 Å². The minimum Gasteiger partial charge on any atom is -0.389 e. The van der Waals surface area contributed by atoms with Crippen LogP contribution >= 0.6 is 0 Å². The molecule has 1 unspecified atom stereocenters. The van der Waals surface area contributed by atoms with Gasteiger partial charge in [0.25, 0.3) is 0 Å². The quantitative estimate of drug-likeness (QED) is 0.556. The number of carbonyl (C=O) groups excluding carboxylic acids is 1. The Bertz CT molecular complexity index is 181. The maximum Gasteiger partial charge on any atom is 0.224 e. The number of hydrogen-bond donors (Lipinski definition) is 3. The van der Waals surface area contributed by atoms with Crippen molar-refractivity contribution in [3.63, 3.8) is 0 Å². The van der Waals surface area contributed by atoms with E-state index in [1.54, 1.807) is 13.8 Å². The van der Waals surface area contributed by atoms with E-state index in [1.165, 1.54) is 0 Å². The average molecular weight is 186 g/mol. The van der Waals surface area contributed by atoms with E-state index in [4.69, 9.17) is 0 Å². The van der Waals surface area contributed by atoms with Crippen LogP contribution in [0.3, 0.4) is 0 Å². The lowest BCUT2D eigenvalue weighted by molar-refractivity contribution is -0.125. The molecule has 1 amide bonds. The molecule has 0 saturated carbocycles. The number of amides is 1. The number of rotatable bonds is 3. The molecule has 0 aromatic rings. The molecule has 0 bridgehead atoms. The monoisotopic (exact) mass is 186 g/mol. The third-order valence-electron chi connectivity index (χ3n) is 2.13. The third kappa shape index (κ3) is 3.74. The molecule has 0 spiro atoms. The summed E-state index contributed by atoms with van der Waals surface area (Å²) in [6.07, 6.45) is 0.900. The molecule has 1 aliphatic heterocycles. The smallest absolute Gasteiger partial charge is 0.224 e. The zero-order chi connectivity index (χ0) is 9.90. The summed E-state index contributed by atoms with van der Waals surface area (Å²) in [6.45, 7) is 5.36. The maximum absolute atomic E-state index is 11.4. The zero-order valence-corrected chi connectivity index (χ0v) is 8.26. The van der Waals surface area contributed by atoms with Crippen LogP contribution in [0.5, 0.6) is 0 Å². The van der Waals surface area contributed by atoms with E-state index in [1.807, 2.05) is 0 Å². The Morgan fingerprint density at radius 2 is 2.38 bits per heavy atom. The summed E-state index contributed by atoms with van der Waals surface area (Å²) in [5.74, 6) is 0.134. The summed E-state index contributed by atoms with van der Waals surface area (Å²) in [5.41, 5.74) is -0.818. The molecule has 1 saturated heterocycles. The van der Waals surface area contributed by atoms with Crippen LogP contribution in [0.4, 0.5) is 0 Å². The summed E-state index contributed by atoms with van der Waals surface area (Å²) >= 11 is 0. The molecule has 4 heteroatoms. The number of nitrogens with one attached hydrogen (secondary N) is 2. The van der Waals surface area contributed by atoms with Crippen LogP contribution in [-0.2, 0) is 4.79 Å². The summed E-state index contributed by atoms with van der Waals surface area (Å²) < 4.78 is 0. The van der Waals surface area contributed by atoms with Crippen LogP contribution in [-0.4, -0.2) is 36.2 Å². The normalized spacial score (nSPS) is 23.2. The first kappa shape index (κ1) is 10.5. The van der Waals surface area contributed by atoms with E-state index in [2.05, 4.69) is 10.6 Å². The van der Waals surface area contributed by atoms with Gasteiger partial charge in [-0.05, 0) is 26.8 Å². The fraction of sp³-hybridized carbons (Fsp3) is 0.889. The van der Waals surface area contributed by atoms with Crippen LogP contribution in [0.2, 0.25) is 0 Å². The number of aliphatic hydroxyl groups is 1. The van der Waals surface area contributed by atoms with E-state index in [0.29, 0.717) is 6.54 Å². The molecule has 1 fully saturated rings. The SMILES string of the molecule is CC(C)(O)CNC(=O)C1CCNC1. The predicted octanol–water partition coefficient (Wildman–Crippen LogP) is -0.517. The van der Waals surface area contributed by atoms with Crippen LogP contribution < -0.4 is 10.6 Å². The summed E-state index contributed by atoms with van der Waals surface area (Å²) in [4.78, 5) is 11.4. The van der Waals surface area contributed by atoms with E-state index in [-0.39, 0.29) is 11.8 Å². The maximum atomic E-state index is 11.4. The first-order valence-corrected chi connectivity index (χ1v) is 4.70. The van der Waals surface area contributed by atoms with E-state index < -0.39 is 5.60 Å². The highest BCUT2D eigenvalue weighted by atomic mass is 16.3. The second-order valence-corrected chi connectivity index (χ2v) is 4.22. The third-order valence-corrected chi connectivity index (χ3v) is 2.13. The van der Waals surface area contributed by atoms with Crippen LogP contribution in [0, 0.1) is 5.92 Å². The van der Waals surface area contributed by atoms with Crippen LogP contribution in [0.25, 0.3) is 0 Å². The Morgan fingerprint density at radius 1 is 1.69 bits per heavy atom. The van der Waals surface area contributed by atoms with E-state index in [0.717, 1.165) is 19.5 Å². The largest absolute Gasteiger partial charge is 0.389 e. The van der Waals surface area contributed by atoms with Gasteiger partial charge in [0, 0.05) is 13.1 Å². The van der Waals surface area contributed by atoms with Gasteiger partial charge in [-0.2, -0.15) is 0 Å². The van der Waals surface area contributed by atoms with Crippen molar-refractivity contribution >= 4 is 5.91 Å². The Balaban J connectivity index is 2.25. The van der Waals surface area contributed by atoms with Crippen LogP contribution in [0.15, 0.2) is 0 Å². The molecule has 76 valence electrons. The van der Waals surface area contributed by atoms with Gasteiger partial charge in [-0.25, -0.2) is 0 Å². The molecule has 3 N–H and O–H groups in total. The van der Waals surface area contributed by atoms with Crippen molar-refractivity contribution in [2.45, 2.75) is 25.9 Å². The lowest BCUT2D eigenvalue weighted by Gasteiger charge is -2.19. The topological polar surface area (TPSA) is 61.4 Å². The van der Waals surface area contributed by atoms with Gasteiger partial charge in [0.2, 0.25) is 5.91 Å². The molecule has 1 rings (SSSR count). The van der Waals surface area contributed by atoms with Gasteiger partial charge in [0.1, 0.15) is 0 Å². The summed E-state index contributed by atoms with van der Waals surface area (Å²) in [5, 5.41) is 15.2. The molecule has 1 heterocycles. The standard InChI is InChI=1S/C9H18N2O2/c1-9(2,13)6-11-8(12)7-3-4-10-5-7/h7,10,13H,3-6H2,1-2H3,(H,11,12). The fourth-order valence-corrected chi connectivity index (χ4v) is 1.33. The second-order valence-electron chi connectivity index (χ2n) is 4.22. The summed E-state index contributed by atoms with van der Waals surface area (Å²) in [7, 11) is 0. The minimum atomic E-state index is -0.818. The molecule has 1 aliphatic rings. The van der Waals surface area contributed by atoms with Crippen molar-refractivity contribution in [3.8, 4) is 0 Å². The van der Waals surface area contributed by atoms with E-state index >= 15 is 0 Å². The molecule has 13 heavy (non-hydrogen) atoms. The van der Waals surface area contributed by atoms with Gasteiger partial charge in [0.15, 0.2) is 0 Å². The molecule has 0 aromatic carbocycles. The Kier molecular flexibility index (Phi) is 3.27. The first-order chi connectivity index (χ1) is 5.99. The highest BCUT2D eigenvalue weighted by Gasteiger charge is 2.23. The molecule has 0 aliphatic carbocycles. The van der Waals surface area contributed by atoms with Gasteiger partial charge in [0.05, 0.1) is 11.5 Å². The molecular formula is C9H18N2O2. The molecule has 4 nitrogen and oxygen atoms in total. The number of carbonyl (C=O) groups is 1. The average Bonchev–Trinajstić information content (AvgIpc) is 2.50. The molecule has 1 atom stereocenters.